The molecule has 0 radical (unpaired) electrons. The Balaban J connectivity index is 1.19. The number of carbonyl (C=O) groups is 3. The topological polar surface area (TPSA) is 151 Å². The number of hydrogen-bond acceptors (Lipinski definition) is 9. The average molecular weight is 573 g/mol. The normalized spacial score (nSPS) is 19.7. The fourth-order valence-electron chi connectivity index (χ4n) is 4.97. The van der Waals surface area contributed by atoms with E-state index in [2.05, 4.69) is 30.6 Å². The highest BCUT2D eigenvalue weighted by molar-refractivity contribution is 6.13. The van der Waals surface area contributed by atoms with E-state index in [-0.39, 0.29) is 36.2 Å². The number of halogens is 1. The Morgan fingerprint density at radius 2 is 1.88 bits per heavy atom. The van der Waals surface area contributed by atoms with Crippen molar-refractivity contribution in [3.8, 4) is 0 Å². The van der Waals surface area contributed by atoms with E-state index in [0.29, 0.717) is 46.5 Å². The van der Waals surface area contributed by atoms with Crippen molar-refractivity contribution in [1.29, 1.82) is 0 Å². The molecule has 14 heteroatoms. The van der Waals surface area contributed by atoms with Gasteiger partial charge in [0, 0.05) is 54.8 Å². The summed E-state index contributed by atoms with van der Waals surface area (Å²) in [4.78, 5) is 61.9. The number of hydrogen-bond donors (Lipinski definition) is 2. The molecule has 0 bridgehead atoms. The van der Waals surface area contributed by atoms with Gasteiger partial charge >= 0.3 is 6.03 Å². The second kappa shape index (κ2) is 10.4. The van der Waals surface area contributed by atoms with Gasteiger partial charge in [0.1, 0.15) is 36.5 Å². The molecule has 2 fully saturated rings. The Morgan fingerprint density at radius 3 is 2.60 bits per heavy atom. The van der Waals surface area contributed by atoms with Gasteiger partial charge in [-0.15, -0.1) is 0 Å². The van der Waals surface area contributed by atoms with Crippen LogP contribution in [0.2, 0.25) is 0 Å². The molecule has 4 aromatic rings. The molecule has 13 nitrogen and oxygen atoms in total. The molecule has 4 aromatic heterocycles. The molecule has 216 valence electrons. The molecule has 1 aliphatic heterocycles. The Morgan fingerprint density at radius 1 is 1.10 bits per heavy atom. The average Bonchev–Trinajstić information content (AvgIpc) is 3.58. The fourth-order valence-corrected chi connectivity index (χ4v) is 4.97. The maximum absolute atomic E-state index is 14.4. The Labute approximate surface area is 240 Å². The number of nitrogens with zero attached hydrogens (tertiary/aromatic N) is 8. The summed E-state index contributed by atoms with van der Waals surface area (Å²) in [7, 11) is 1.41. The van der Waals surface area contributed by atoms with E-state index in [9.17, 15) is 18.8 Å². The molecule has 0 spiro atoms. The van der Waals surface area contributed by atoms with Gasteiger partial charge in [0.05, 0.1) is 17.4 Å². The summed E-state index contributed by atoms with van der Waals surface area (Å²) in [5.74, 6) is 0.726. The summed E-state index contributed by atoms with van der Waals surface area (Å²) in [5, 5.41) is 6.10. The molecule has 1 saturated carbocycles. The number of pyridine rings is 1. The molecule has 2 N–H and O–H groups in total. The van der Waals surface area contributed by atoms with Crippen LogP contribution in [-0.2, 0) is 9.59 Å². The first-order chi connectivity index (χ1) is 20.1. The smallest absolute Gasteiger partial charge is 0.331 e. The number of imidazole rings is 1. The fraction of sp³-hybridized carbons (Fsp3) is 0.357. The SMILES string of the molecule is Cc1ccnc(C2CC2C(=O)Nc2cc(N[C@H](C)c3cn4cc(C(C)F)cc(N5CC(=O)N(C)C5=O)c4n3)ncn2)n1. The minimum Gasteiger partial charge on any atom is -0.362 e. The van der Waals surface area contributed by atoms with Crippen molar-refractivity contribution in [1.82, 2.24) is 34.2 Å². The predicted molar refractivity (Wildman–Crippen MR) is 151 cm³/mol. The number of aryl methyl sites for hydroxylation is 1. The van der Waals surface area contributed by atoms with Crippen molar-refractivity contribution < 1.29 is 18.8 Å². The number of nitrogens with one attached hydrogen (secondary N) is 2. The standard InChI is InChI=1S/C28H29FN10O3/c1-14-5-6-30-25(33-14)18-8-19(18)27(41)36-23-9-22(31-13-32-23)34-16(3)20-11-38-10-17(15(2)29)7-21(26(38)35-20)39-12-24(40)37(4)28(39)42/h5-7,9-11,13,15-16,18-19H,8,12H2,1-4H3,(H2,31,32,34,36,41)/t15?,16-,18?,19?/m1/s1. The third kappa shape index (κ3) is 5.10. The van der Waals surface area contributed by atoms with Crippen molar-refractivity contribution in [2.75, 3.05) is 29.1 Å². The highest BCUT2D eigenvalue weighted by atomic mass is 19.1. The largest absolute Gasteiger partial charge is 0.362 e. The zero-order chi connectivity index (χ0) is 29.7. The van der Waals surface area contributed by atoms with Crippen molar-refractivity contribution in [2.45, 2.75) is 45.3 Å². The van der Waals surface area contributed by atoms with E-state index >= 15 is 0 Å². The van der Waals surface area contributed by atoms with Crippen LogP contribution in [0.25, 0.3) is 5.65 Å². The van der Waals surface area contributed by atoms with Crippen molar-refractivity contribution in [3.05, 3.63) is 65.9 Å². The third-order valence-electron chi connectivity index (χ3n) is 7.51. The number of carbonyl (C=O) groups excluding carboxylic acids is 3. The van der Waals surface area contributed by atoms with Crippen LogP contribution in [0.1, 0.15) is 61.2 Å². The van der Waals surface area contributed by atoms with Gasteiger partial charge in [0.25, 0.3) is 0 Å². The van der Waals surface area contributed by atoms with Crippen LogP contribution in [-0.4, -0.2) is 65.7 Å². The molecule has 1 aliphatic carbocycles. The Kier molecular flexibility index (Phi) is 6.75. The number of fused-ring (bicyclic) bond motifs is 1. The Bertz CT molecular complexity index is 1720. The first-order valence-electron chi connectivity index (χ1n) is 13.5. The molecule has 6 rings (SSSR count). The lowest BCUT2D eigenvalue weighted by atomic mass is 10.2. The number of likely N-dealkylation sites (N-methyl/N-ethyl adjacent to an activating group) is 1. The van der Waals surface area contributed by atoms with E-state index < -0.39 is 12.2 Å². The first kappa shape index (κ1) is 27.2. The zero-order valence-electron chi connectivity index (χ0n) is 23.4. The molecule has 4 amide bonds. The maximum atomic E-state index is 14.4. The van der Waals surface area contributed by atoms with Crippen molar-refractivity contribution in [3.63, 3.8) is 0 Å². The lowest BCUT2D eigenvalue weighted by Gasteiger charge is -2.17. The quantitative estimate of drug-likeness (QED) is 0.302. The number of imide groups is 1. The molecule has 2 aliphatic rings. The van der Waals surface area contributed by atoms with Gasteiger partial charge < -0.3 is 15.0 Å². The maximum Gasteiger partial charge on any atom is 0.331 e. The third-order valence-corrected chi connectivity index (χ3v) is 7.51. The van der Waals surface area contributed by atoms with Crippen LogP contribution < -0.4 is 15.5 Å². The van der Waals surface area contributed by atoms with Gasteiger partial charge in [0.15, 0.2) is 5.65 Å². The summed E-state index contributed by atoms with van der Waals surface area (Å²) in [6.45, 7) is 5.01. The molecular formula is C28H29FN10O3. The summed E-state index contributed by atoms with van der Waals surface area (Å²) in [6, 6.07) is 4.13. The van der Waals surface area contributed by atoms with E-state index in [1.807, 2.05) is 19.9 Å². The number of anilines is 3. The molecular weight excluding hydrogens is 543 g/mol. The van der Waals surface area contributed by atoms with Gasteiger partial charge in [0.2, 0.25) is 11.8 Å². The molecule has 5 heterocycles. The number of amides is 4. The second-order valence-corrected chi connectivity index (χ2v) is 10.6. The van der Waals surface area contributed by atoms with E-state index in [0.717, 1.165) is 10.6 Å². The number of aromatic nitrogens is 6. The summed E-state index contributed by atoms with van der Waals surface area (Å²) in [6.07, 6.45) is 5.77. The minimum absolute atomic E-state index is 0.0143. The van der Waals surface area contributed by atoms with E-state index in [4.69, 9.17) is 4.98 Å². The van der Waals surface area contributed by atoms with Crippen molar-refractivity contribution >= 4 is 40.8 Å². The summed E-state index contributed by atoms with van der Waals surface area (Å²) in [5.41, 5.74) is 2.55. The van der Waals surface area contributed by atoms with Crippen LogP contribution in [0.4, 0.5) is 26.5 Å². The van der Waals surface area contributed by atoms with Gasteiger partial charge in [-0.2, -0.15) is 0 Å². The van der Waals surface area contributed by atoms with Crippen LogP contribution in [0.15, 0.2) is 43.1 Å². The van der Waals surface area contributed by atoms with Gasteiger partial charge in [-0.05, 0) is 39.3 Å². The van der Waals surface area contributed by atoms with Gasteiger partial charge in [-0.25, -0.2) is 34.1 Å². The van der Waals surface area contributed by atoms with Crippen LogP contribution in [0.3, 0.4) is 0 Å². The predicted octanol–water partition coefficient (Wildman–Crippen LogP) is 3.57. The summed E-state index contributed by atoms with van der Waals surface area (Å²) < 4.78 is 16.0. The molecule has 1 saturated heterocycles. The summed E-state index contributed by atoms with van der Waals surface area (Å²) >= 11 is 0. The highest BCUT2D eigenvalue weighted by Gasteiger charge is 2.46. The molecule has 4 atom stereocenters. The molecule has 3 unspecified atom stereocenters. The number of rotatable bonds is 8. The van der Waals surface area contributed by atoms with Crippen LogP contribution >= 0.6 is 0 Å². The van der Waals surface area contributed by atoms with E-state index in [1.165, 1.54) is 25.2 Å². The second-order valence-electron chi connectivity index (χ2n) is 10.6. The first-order valence-corrected chi connectivity index (χ1v) is 13.5. The van der Waals surface area contributed by atoms with Crippen LogP contribution in [0.5, 0.6) is 0 Å². The lowest BCUT2D eigenvalue weighted by Crippen LogP contribution is -2.30. The van der Waals surface area contributed by atoms with Crippen molar-refractivity contribution in [2.24, 2.45) is 5.92 Å². The monoisotopic (exact) mass is 572 g/mol. The molecule has 42 heavy (non-hydrogen) atoms. The van der Waals surface area contributed by atoms with E-state index in [1.54, 1.807) is 35.1 Å². The highest BCUT2D eigenvalue weighted by Crippen LogP contribution is 2.46. The number of urea groups is 1. The lowest BCUT2D eigenvalue weighted by molar-refractivity contribution is -0.124. The molecule has 0 aromatic carbocycles. The number of alkyl halides is 1. The van der Waals surface area contributed by atoms with Crippen LogP contribution in [0, 0.1) is 12.8 Å². The Hall–Kier alpha value is -5.01. The zero-order valence-corrected chi connectivity index (χ0v) is 23.4. The van der Waals surface area contributed by atoms with Gasteiger partial charge in [-0.3, -0.25) is 19.4 Å². The van der Waals surface area contributed by atoms with Gasteiger partial charge in [-0.1, -0.05) is 0 Å². The minimum atomic E-state index is -1.30.